The molecule has 0 unspecified atom stereocenters. The Morgan fingerprint density at radius 2 is 0.886 bits per heavy atom. The predicted molar refractivity (Wildman–Crippen MR) is 156 cm³/mol. The standard InChI is InChI=1S/C33H65N2/c1-4-7-9-11-13-15-17-18-20-22-24-26-28-33-34(29-6-3)31-32-35(33)30-27-25-23-21-19-16-14-12-10-8-5-2/h31-32H,4-30H2,1-3H3/q+1. The zero-order valence-electron chi connectivity index (χ0n) is 24.6. The quantitative estimate of drug-likeness (QED) is 0.0858. The number of hydrogen-bond acceptors (Lipinski definition) is 0. The molecule has 2 nitrogen and oxygen atoms in total. The molecule has 0 aromatic carbocycles. The topological polar surface area (TPSA) is 8.81 Å². The Balaban J connectivity index is 2.11. The summed E-state index contributed by atoms with van der Waals surface area (Å²) in [6.45, 7) is 9.32. The Morgan fingerprint density at radius 3 is 1.31 bits per heavy atom. The van der Waals surface area contributed by atoms with Crippen molar-refractivity contribution in [2.75, 3.05) is 0 Å². The van der Waals surface area contributed by atoms with Crippen LogP contribution in [0.3, 0.4) is 0 Å². The van der Waals surface area contributed by atoms with E-state index in [1.165, 1.54) is 174 Å². The molecule has 0 spiro atoms. The van der Waals surface area contributed by atoms with Crippen LogP contribution in [0.1, 0.15) is 181 Å². The van der Waals surface area contributed by atoms with Crippen LogP contribution in [0.2, 0.25) is 0 Å². The van der Waals surface area contributed by atoms with Crippen LogP contribution in [0, 0.1) is 0 Å². The largest absolute Gasteiger partial charge is 0.256 e. The number of nitrogens with zero attached hydrogens (tertiary/aromatic N) is 2. The predicted octanol–water partition coefficient (Wildman–Crippen LogP) is 10.7. The lowest BCUT2D eigenvalue weighted by Crippen LogP contribution is -2.37. The van der Waals surface area contributed by atoms with Crippen LogP contribution < -0.4 is 4.57 Å². The first-order valence-corrected chi connectivity index (χ1v) is 16.4. The van der Waals surface area contributed by atoms with Crippen molar-refractivity contribution in [1.82, 2.24) is 4.57 Å². The molecule has 0 aliphatic carbocycles. The first kappa shape index (κ1) is 32.2. The van der Waals surface area contributed by atoms with Gasteiger partial charge in [0.15, 0.2) is 0 Å². The van der Waals surface area contributed by atoms with E-state index in [4.69, 9.17) is 0 Å². The Morgan fingerprint density at radius 1 is 0.486 bits per heavy atom. The fourth-order valence-electron chi connectivity index (χ4n) is 5.50. The molecule has 0 atom stereocenters. The minimum atomic E-state index is 1.18. The smallest absolute Gasteiger partial charge is 0.234 e. The third-order valence-corrected chi connectivity index (χ3v) is 7.81. The zero-order chi connectivity index (χ0) is 25.2. The number of hydrogen-bond donors (Lipinski definition) is 0. The van der Waals surface area contributed by atoms with Crippen LogP contribution >= 0.6 is 0 Å². The normalized spacial score (nSPS) is 11.5. The molecule has 0 aliphatic heterocycles. The van der Waals surface area contributed by atoms with Crippen molar-refractivity contribution in [1.29, 1.82) is 0 Å². The van der Waals surface area contributed by atoms with Gasteiger partial charge in [-0.3, -0.25) is 0 Å². The van der Waals surface area contributed by atoms with Crippen LogP contribution in [-0.2, 0) is 19.5 Å². The summed E-state index contributed by atoms with van der Waals surface area (Å²) >= 11 is 0. The lowest BCUT2D eigenvalue weighted by molar-refractivity contribution is -0.703. The molecule has 206 valence electrons. The maximum Gasteiger partial charge on any atom is 0.256 e. The van der Waals surface area contributed by atoms with E-state index >= 15 is 0 Å². The van der Waals surface area contributed by atoms with E-state index in [1.807, 2.05) is 0 Å². The average molecular weight is 490 g/mol. The third kappa shape index (κ3) is 18.2. The van der Waals surface area contributed by atoms with Crippen LogP contribution in [-0.4, -0.2) is 4.57 Å². The molecule has 2 heteroatoms. The van der Waals surface area contributed by atoms with E-state index < -0.39 is 0 Å². The molecule has 35 heavy (non-hydrogen) atoms. The summed E-state index contributed by atoms with van der Waals surface area (Å²) in [5.74, 6) is 1.59. The fourth-order valence-corrected chi connectivity index (χ4v) is 5.50. The minimum Gasteiger partial charge on any atom is -0.234 e. The summed E-state index contributed by atoms with van der Waals surface area (Å²) in [6.07, 6.45) is 40.1. The van der Waals surface area contributed by atoms with Gasteiger partial charge in [0.2, 0.25) is 0 Å². The molecule has 1 heterocycles. The van der Waals surface area contributed by atoms with Crippen LogP contribution in [0.15, 0.2) is 12.4 Å². The van der Waals surface area contributed by atoms with Crippen molar-refractivity contribution >= 4 is 0 Å². The second-order valence-corrected chi connectivity index (χ2v) is 11.3. The maximum atomic E-state index is 2.59. The van der Waals surface area contributed by atoms with E-state index in [9.17, 15) is 0 Å². The molecule has 0 amide bonds. The van der Waals surface area contributed by atoms with Crippen LogP contribution in [0.25, 0.3) is 0 Å². The molecular weight excluding hydrogens is 424 g/mol. The molecule has 1 rings (SSSR count). The molecule has 0 radical (unpaired) electrons. The number of imidazole rings is 1. The van der Waals surface area contributed by atoms with Gasteiger partial charge < -0.3 is 0 Å². The first-order valence-electron chi connectivity index (χ1n) is 16.4. The Labute approximate surface area is 221 Å². The van der Waals surface area contributed by atoms with Gasteiger partial charge in [0, 0.05) is 6.42 Å². The van der Waals surface area contributed by atoms with Crippen LogP contribution in [0.5, 0.6) is 0 Å². The van der Waals surface area contributed by atoms with E-state index in [-0.39, 0.29) is 0 Å². The van der Waals surface area contributed by atoms with Gasteiger partial charge in [0.25, 0.3) is 5.82 Å². The average Bonchev–Trinajstić information content (AvgIpc) is 3.24. The number of unbranched alkanes of at least 4 members (excludes halogenated alkanes) is 21. The lowest BCUT2D eigenvalue weighted by Gasteiger charge is -2.06. The molecule has 0 saturated heterocycles. The first-order chi connectivity index (χ1) is 17.3. The Kier molecular flexibility index (Phi) is 22.9. The van der Waals surface area contributed by atoms with Gasteiger partial charge in [-0.2, -0.15) is 0 Å². The number of rotatable bonds is 27. The minimum absolute atomic E-state index is 1.18. The maximum absolute atomic E-state index is 2.59. The van der Waals surface area contributed by atoms with Crippen molar-refractivity contribution in [3.8, 4) is 0 Å². The van der Waals surface area contributed by atoms with Gasteiger partial charge in [-0.25, -0.2) is 9.13 Å². The monoisotopic (exact) mass is 490 g/mol. The highest BCUT2D eigenvalue weighted by Gasteiger charge is 2.15. The summed E-state index contributed by atoms with van der Waals surface area (Å²) in [5.41, 5.74) is 0. The molecule has 1 aromatic heterocycles. The molecule has 0 saturated carbocycles. The Hall–Kier alpha value is -0.790. The van der Waals surface area contributed by atoms with Crippen molar-refractivity contribution in [3.63, 3.8) is 0 Å². The second kappa shape index (κ2) is 24.9. The van der Waals surface area contributed by atoms with Crippen LogP contribution in [0.4, 0.5) is 0 Å². The van der Waals surface area contributed by atoms with E-state index in [2.05, 4.69) is 42.3 Å². The summed E-state index contributed by atoms with van der Waals surface area (Å²) in [4.78, 5) is 0. The van der Waals surface area contributed by atoms with Crippen molar-refractivity contribution in [2.45, 2.75) is 194 Å². The van der Waals surface area contributed by atoms with Gasteiger partial charge in [-0.1, -0.05) is 149 Å². The van der Waals surface area contributed by atoms with Crippen molar-refractivity contribution in [3.05, 3.63) is 18.2 Å². The fraction of sp³-hybridized carbons (Fsp3) is 0.909. The van der Waals surface area contributed by atoms with E-state index in [0.29, 0.717) is 0 Å². The molecular formula is C33H65N2+. The summed E-state index contributed by atoms with van der Waals surface area (Å²) in [5, 5.41) is 0. The SMILES string of the molecule is CCCCCCCCCCCCCCc1n(CCCCCCCCCCCCC)cc[n+]1CCC. The summed E-state index contributed by atoms with van der Waals surface area (Å²) in [6, 6.07) is 0. The number of aryl methyl sites for hydroxylation is 2. The molecule has 0 aliphatic rings. The second-order valence-electron chi connectivity index (χ2n) is 11.3. The molecule has 0 N–H and O–H groups in total. The highest BCUT2D eigenvalue weighted by atomic mass is 15.1. The highest BCUT2D eigenvalue weighted by Crippen LogP contribution is 2.14. The Bertz CT molecular complexity index is 547. The zero-order valence-corrected chi connectivity index (χ0v) is 24.6. The summed E-state index contributed by atoms with van der Waals surface area (Å²) < 4.78 is 5.12. The van der Waals surface area contributed by atoms with Gasteiger partial charge in [-0.15, -0.1) is 0 Å². The van der Waals surface area contributed by atoms with Gasteiger partial charge in [0.1, 0.15) is 12.4 Å². The van der Waals surface area contributed by atoms with E-state index in [0.717, 1.165) is 0 Å². The van der Waals surface area contributed by atoms with Gasteiger partial charge in [0.05, 0.1) is 13.1 Å². The van der Waals surface area contributed by atoms with Gasteiger partial charge >= 0.3 is 0 Å². The number of aromatic nitrogens is 2. The van der Waals surface area contributed by atoms with Crippen molar-refractivity contribution in [2.24, 2.45) is 0 Å². The van der Waals surface area contributed by atoms with Gasteiger partial charge in [-0.05, 0) is 25.7 Å². The lowest BCUT2D eigenvalue weighted by atomic mass is 10.0. The molecule has 0 fully saturated rings. The molecule has 0 bridgehead atoms. The van der Waals surface area contributed by atoms with E-state index in [1.54, 1.807) is 5.82 Å². The highest BCUT2D eigenvalue weighted by molar-refractivity contribution is 4.84. The van der Waals surface area contributed by atoms with Crippen molar-refractivity contribution < 1.29 is 4.57 Å². The third-order valence-electron chi connectivity index (χ3n) is 7.81. The molecule has 1 aromatic rings. The summed E-state index contributed by atoms with van der Waals surface area (Å²) in [7, 11) is 0.